The van der Waals surface area contributed by atoms with E-state index in [0.717, 1.165) is 69.8 Å². The Hall–Kier alpha value is -1.59. The van der Waals surface area contributed by atoms with Gasteiger partial charge in [-0.2, -0.15) is 0 Å². The maximum Gasteiger partial charge on any atom is 0.229 e. The number of nitrogens with one attached hydrogen (secondary N) is 2. The molecular weight excluding hydrogens is 304 g/mol. The number of ether oxygens (including phenoxy) is 2. The monoisotopic (exact) mass is 332 g/mol. The van der Waals surface area contributed by atoms with Crippen molar-refractivity contribution in [2.45, 2.75) is 25.7 Å². The zero-order valence-electron chi connectivity index (χ0n) is 14.5. The van der Waals surface area contributed by atoms with E-state index < -0.39 is 0 Å². The molecule has 0 aromatic heterocycles. The smallest absolute Gasteiger partial charge is 0.229 e. The van der Waals surface area contributed by atoms with Crippen molar-refractivity contribution in [3.05, 3.63) is 29.8 Å². The van der Waals surface area contributed by atoms with Gasteiger partial charge in [0.25, 0.3) is 0 Å². The minimum Gasteiger partial charge on any atom is -0.497 e. The van der Waals surface area contributed by atoms with Crippen LogP contribution in [0.4, 0.5) is 0 Å². The number of methoxy groups -OCH3 is 1. The van der Waals surface area contributed by atoms with Crippen LogP contribution in [0.25, 0.3) is 0 Å². The lowest BCUT2D eigenvalue weighted by atomic mass is 9.75. The van der Waals surface area contributed by atoms with Gasteiger partial charge in [0.1, 0.15) is 5.75 Å². The van der Waals surface area contributed by atoms with E-state index in [1.165, 1.54) is 0 Å². The average Bonchev–Trinajstić information content (AvgIpc) is 3.08. The molecule has 1 aromatic rings. The zero-order valence-corrected chi connectivity index (χ0v) is 14.5. The fourth-order valence-electron chi connectivity index (χ4n) is 3.56. The first-order chi connectivity index (χ1) is 11.7. The number of carbonyl (C=O) groups excluding carboxylic acids is 1. The van der Waals surface area contributed by atoms with Crippen molar-refractivity contribution in [1.29, 1.82) is 0 Å². The van der Waals surface area contributed by atoms with Crippen molar-refractivity contribution in [2.24, 2.45) is 11.3 Å². The standard InChI is InChI=1S/C19H28N2O3/c1-23-17-6-2-4-16(10-17)11-19(13-20-14-19)18(22)21-8-3-5-15-7-9-24-12-15/h2,4,6,10,15,20H,3,5,7-9,11-14H2,1H3,(H,21,22). The second-order valence-corrected chi connectivity index (χ2v) is 7.04. The highest BCUT2D eigenvalue weighted by atomic mass is 16.5. The molecule has 2 aliphatic rings. The van der Waals surface area contributed by atoms with Crippen molar-refractivity contribution in [2.75, 3.05) is 40.0 Å². The first-order valence-corrected chi connectivity index (χ1v) is 8.91. The van der Waals surface area contributed by atoms with Crippen LogP contribution in [0.1, 0.15) is 24.8 Å². The minimum absolute atomic E-state index is 0.173. The molecule has 2 fully saturated rings. The number of amides is 1. The predicted octanol–water partition coefficient (Wildman–Crippen LogP) is 1.76. The average molecular weight is 332 g/mol. The maximum absolute atomic E-state index is 12.7. The molecule has 5 heteroatoms. The van der Waals surface area contributed by atoms with Gasteiger partial charge in [0.05, 0.1) is 12.5 Å². The second kappa shape index (κ2) is 7.99. The van der Waals surface area contributed by atoms with Crippen molar-refractivity contribution in [3.63, 3.8) is 0 Å². The Balaban J connectivity index is 1.49. The predicted molar refractivity (Wildman–Crippen MR) is 93.2 cm³/mol. The number of hydrogen-bond acceptors (Lipinski definition) is 4. The van der Waals surface area contributed by atoms with Gasteiger partial charge in [-0.15, -0.1) is 0 Å². The molecule has 0 bridgehead atoms. The van der Waals surface area contributed by atoms with E-state index in [1.807, 2.05) is 18.2 Å². The third kappa shape index (κ3) is 4.08. The van der Waals surface area contributed by atoms with Crippen LogP contribution in [0.3, 0.4) is 0 Å². The third-order valence-corrected chi connectivity index (χ3v) is 5.18. The van der Waals surface area contributed by atoms with Gasteiger partial charge in [-0.05, 0) is 49.3 Å². The van der Waals surface area contributed by atoms with Gasteiger partial charge in [-0.3, -0.25) is 4.79 Å². The van der Waals surface area contributed by atoms with E-state index in [-0.39, 0.29) is 11.3 Å². The third-order valence-electron chi connectivity index (χ3n) is 5.18. The lowest BCUT2D eigenvalue weighted by Gasteiger charge is -2.41. The zero-order chi connectivity index (χ0) is 16.8. The number of carbonyl (C=O) groups is 1. The normalized spacial score (nSPS) is 22.0. The van der Waals surface area contributed by atoms with Crippen molar-refractivity contribution < 1.29 is 14.3 Å². The molecule has 1 atom stereocenters. The number of hydrogen-bond donors (Lipinski definition) is 2. The molecule has 1 aromatic carbocycles. The summed E-state index contributed by atoms with van der Waals surface area (Å²) in [6.07, 6.45) is 4.08. The molecule has 0 radical (unpaired) electrons. The van der Waals surface area contributed by atoms with E-state index in [2.05, 4.69) is 16.7 Å². The van der Waals surface area contributed by atoms with Gasteiger partial charge in [-0.25, -0.2) is 0 Å². The molecule has 0 aliphatic carbocycles. The van der Waals surface area contributed by atoms with Gasteiger partial charge in [0.2, 0.25) is 5.91 Å². The van der Waals surface area contributed by atoms with Crippen LogP contribution >= 0.6 is 0 Å². The lowest BCUT2D eigenvalue weighted by Crippen LogP contribution is -2.62. The Morgan fingerprint density at radius 3 is 3.00 bits per heavy atom. The maximum atomic E-state index is 12.7. The van der Waals surface area contributed by atoms with Crippen molar-refractivity contribution in [3.8, 4) is 5.75 Å². The van der Waals surface area contributed by atoms with Crippen LogP contribution < -0.4 is 15.4 Å². The van der Waals surface area contributed by atoms with Gasteiger partial charge in [-0.1, -0.05) is 12.1 Å². The summed E-state index contributed by atoms with van der Waals surface area (Å²) < 4.78 is 10.7. The van der Waals surface area contributed by atoms with Crippen LogP contribution in [0.15, 0.2) is 24.3 Å². The fourth-order valence-corrected chi connectivity index (χ4v) is 3.56. The topological polar surface area (TPSA) is 59.6 Å². The molecule has 0 saturated carbocycles. The Morgan fingerprint density at radius 2 is 2.33 bits per heavy atom. The summed E-state index contributed by atoms with van der Waals surface area (Å²) in [4.78, 5) is 12.7. The van der Waals surface area contributed by atoms with Crippen molar-refractivity contribution >= 4 is 5.91 Å². The highest BCUT2D eigenvalue weighted by Crippen LogP contribution is 2.29. The molecule has 132 valence electrons. The first-order valence-electron chi connectivity index (χ1n) is 8.91. The van der Waals surface area contributed by atoms with E-state index in [9.17, 15) is 4.79 Å². The summed E-state index contributed by atoms with van der Waals surface area (Å²) in [6, 6.07) is 8.00. The van der Waals surface area contributed by atoms with Crippen LogP contribution in [-0.2, 0) is 16.0 Å². The lowest BCUT2D eigenvalue weighted by molar-refractivity contribution is -0.133. The summed E-state index contributed by atoms with van der Waals surface area (Å²) in [6.45, 7) is 4.03. The molecule has 5 nitrogen and oxygen atoms in total. The Labute approximate surface area is 144 Å². The molecule has 2 aliphatic heterocycles. The molecule has 3 rings (SSSR count). The second-order valence-electron chi connectivity index (χ2n) is 7.04. The summed E-state index contributed by atoms with van der Waals surface area (Å²) in [5.74, 6) is 1.69. The highest BCUT2D eigenvalue weighted by molar-refractivity contribution is 5.84. The van der Waals surface area contributed by atoms with Gasteiger partial charge >= 0.3 is 0 Å². The molecule has 0 spiro atoms. The quantitative estimate of drug-likeness (QED) is 0.712. The molecule has 2 saturated heterocycles. The fraction of sp³-hybridized carbons (Fsp3) is 0.632. The van der Waals surface area contributed by atoms with Crippen LogP contribution in [0.5, 0.6) is 5.75 Å². The van der Waals surface area contributed by atoms with Crippen molar-refractivity contribution in [1.82, 2.24) is 10.6 Å². The molecule has 1 unspecified atom stereocenters. The van der Waals surface area contributed by atoms with Gasteiger partial charge in [0.15, 0.2) is 0 Å². The Bertz CT molecular complexity index is 551. The van der Waals surface area contributed by atoms with Gasteiger partial charge in [0, 0.05) is 32.8 Å². The summed E-state index contributed by atoms with van der Waals surface area (Å²) >= 11 is 0. The SMILES string of the molecule is COc1cccc(CC2(C(=O)NCCCC3CCOC3)CNC2)c1. The van der Waals surface area contributed by atoms with E-state index >= 15 is 0 Å². The van der Waals surface area contributed by atoms with Crippen LogP contribution in [-0.4, -0.2) is 45.9 Å². The largest absolute Gasteiger partial charge is 0.497 e. The molecular formula is C19H28N2O3. The first kappa shape index (κ1) is 17.2. The molecule has 24 heavy (non-hydrogen) atoms. The summed E-state index contributed by atoms with van der Waals surface area (Å²) in [5, 5.41) is 6.41. The van der Waals surface area contributed by atoms with Gasteiger partial charge < -0.3 is 20.1 Å². The summed E-state index contributed by atoms with van der Waals surface area (Å²) in [7, 11) is 1.67. The molecule has 1 amide bonds. The Morgan fingerprint density at radius 1 is 1.46 bits per heavy atom. The minimum atomic E-state index is -0.317. The van der Waals surface area contributed by atoms with E-state index in [1.54, 1.807) is 7.11 Å². The summed E-state index contributed by atoms with van der Waals surface area (Å²) in [5.41, 5.74) is 0.831. The molecule has 2 heterocycles. The Kier molecular flexibility index (Phi) is 5.74. The number of benzene rings is 1. The van der Waals surface area contributed by atoms with E-state index in [0.29, 0.717) is 5.92 Å². The highest BCUT2D eigenvalue weighted by Gasteiger charge is 2.44. The van der Waals surface area contributed by atoms with E-state index in [4.69, 9.17) is 9.47 Å². The number of rotatable bonds is 8. The molecule has 2 N–H and O–H groups in total. The van der Waals surface area contributed by atoms with Crippen LogP contribution in [0, 0.1) is 11.3 Å². The van der Waals surface area contributed by atoms with Crippen LogP contribution in [0.2, 0.25) is 0 Å².